The average molecular weight is 615 g/mol. The van der Waals surface area contributed by atoms with Crippen LogP contribution >= 0.6 is 11.3 Å². The first kappa shape index (κ1) is 29.8. The first-order chi connectivity index (χ1) is 19.3. The van der Waals surface area contributed by atoms with Gasteiger partial charge in [-0.15, -0.1) is 11.3 Å². The van der Waals surface area contributed by atoms with Crippen LogP contribution in [0.4, 0.5) is 5.13 Å². The number of aliphatic carboxylic acids is 1. The Kier molecular flexibility index (Phi) is 8.51. The van der Waals surface area contributed by atoms with Gasteiger partial charge >= 0.3 is 16.3 Å². The molecule has 41 heavy (non-hydrogen) atoms. The van der Waals surface area contributed by atoms with Gasteiger partial charge in [0.15, 0.2) is 10.8 Å². The van der Waals surface area contributed by atoms with E-state index < -0.39 is 51.5 Å². The maximum Gasteiger partial charge on any atom is 0.362 e. The highest BCUT2D eigenvalue weighted by Gasteiger charge is 2.56. The van der Waals surface area contributed by atoms with Crippen LogP contribution < -0.4 is 22.1 Å². The molecule has 1 aliphatic carbocycles. The van der Waals surface area contributed by atoms with Crippen LogP contribution in [-0.2, 0) is 47.4 Å². The van der Waals surface area contributed by atoms with Crippen LogP contribution in [0.1, 0.15) is 37.1 Å². The van der Waals surface area contributed by atoms with Gasteiger partial charge in [-0.3, -0.25) is 18.9 Å². The summed E-state index contributed by atoms with van der Waals surface area (Å²) in [6.07, 6.45) is 2.34. The molecular weight excluding hydrogens is 588 g/mol. The topological polar surface area (TPSA) is 287 Å². The standard InChI is InChI=1S/C20H26N10O9S2/c21-5-1-2-13(31)23-6-10-7-24-29(27-10)8-12-15(17(33)30(12)41(36,37)38)26-16(32)14(11-9-40-19(22)25-11)28-39-20(3-4-20)18(34)35/h7,9,12,15H,1-6,8,21H2,(H2,22,25)(H,23,31)(H,26,32)(H,34,35)(H,36,37,38)/t12-,15-/m0/s1. The van der Waals surface area contributed by atoms with Crippen LogP contribution in [0, 0.1) is 0 Å². The van der Waals surface area contributed by atoms with Gasteiger partial charge in [0.05, 0.1) is 19.3 Å². The molecule has 2 aromatic rings. The molecule has 0 aromatic carbocycles. The molecule has 3 amide bonds. The van der Waals surface area contributed by atoms with E-state index in [1.54, 1.807) is 0 Å². The van der Waals surface area contributed by atoms with Crippen LogP contribution in [0.25, 0.3) is 0 Å². The lowest BCUT2D eigenvalue weighted by Crippen LogP contribution is -2.73. The third-order valence-electron chi connectivity index (χ3n) is 6.10. The van der Waals surface area contributed by atoms with Gasteiger partial charge in [-0.05, 0) is 13.0 Å². The maximum absolute atomic E-state index is 13.2. The molecule has 0 bridgehead atoms. The molecule has 8 N–H and O–H groups in total. The smallest absolute Gasteiger partial charge is 0.362 e. The van der Waals surface area contributed by atoms with Gasteiger partial charge in [-0.1, -0.05) is 5.16 Å². The zero-order chi connectivity index (χ0) is 29.9. The lowest BCUT2D eigenvalue weighted by Gasteiger charge is -2.43. The molecular formula is C20H26N10O9S2. The van der Waals surface area contributed by atoms with E-state index in [1.807, 2.05) is 0 Å². The average Bonchev–Trinajstić information content (AvgIpc) is 3.37. The number of nitrogens with zero attached hydrogens (tertiary/aromatic N) is 6. The molecule has 2 atom stereocenters. The number of aromatic nitrogens is 4. The number of thiazole rings is 1. The predicted octanol–water partition coefficient (Wildman–Crippen LogP) is -2.79. The second-order valence-electron chi connectivity index (χ2n) is 9.09. The lowest BCUT2D eigenvalue weighted by atomic mass is 9.98. The summed E-state index contributed by atoms with van der Waals surface area (Å²) in [5, 5.41) is 27.5. The van der Waals surface area contributed by atoms with Crippen LogP contribution in [0.2, 0.25) is 0 Å². The highest BCUT2D eigenvalue weighted by atomic mass is 32.2. The second-order valence-corrected chi connectivity index (χ2v) is 11.3. The molecule has 2 aliphatic rings. The zero-order valence-electron chi connectivity index (χ0n) is 21.2. The monoisotopic (exact) mass is 614 g/mol. The Morgan fingerprint density at radius 2 is 2.05 bits per heavy atom. The third-order valence-corrected chi connectivity index (χ3v) is 7.72. The summed E-state index contributed by atoms with van der Waals surface area (Å²) in [5.41, 5.74) is 9.15. The van der Waals surface area contributed by atoms with Gasteiger partial charge in [0.25, 0.3) is 11.8 Å². The highest BCUT2D eigenvalue weighted by molar-refractivity contribution is 7.84. The molecule has 1 saturated heterocycles. The summed E-state index contributed by atoms with van der Waals surface area (Å²) < 4.78 is 33.5. The number of nitrogen functional groups attached to an aromatic ring is 1. The zero-order valence-corrected chi connectivity index (χ0v) is 22.8. The molecule has 1 saturated carbocycles. The molecule has 1 aliphatic heterocycles. The summed E-state index contributed by atoms with van der Waals surface area (Å²) in [5.74, 6) is -3.75. The van der Waals surface area contributed by atoms with Crippen LogP contribution in [0.3, 0.4) is 0 Å². The third kappa shape index (κ3) is 6.75. The number of rotatable bonds is 14. The van der Waals surface area contributed by atoms with Crippen molar-refractivity contribution in [2.24, 2.45) is 10.9 Å². The summed E-state index contributed by atoms with van der Waals surface area (Å²) in [4.78, 5) is 59.2. The predicted molar refractivity (Wildman–Crippen MR) is 138 cm³/mol. The minimum Gasteiger partial charge on any atom is -0.478 e. The summed E-state index contributed by atoms with van der Waals surface area (Å²) >= 11 is 0.957. The Bertz CT molecular complexity index is 1480. The number of hydrogen-bond donors (Lipinski definition) is 6. The lowest BCUT2D eigenvalue weighted by molar-refractivity contribution is -0.153. The number of hydrogen-bond acceptors (Lipinski definition) is 14. The van der Waals surface area contributed by atoms with Crippen LogP contribution in [-0.4, -0.2) is 96.0 Å². The van der Waals surface area contributed by atoms with Gasteiger partial charge in [-0.2, -0.15) is 23.4 Å². The van der Waals surface area contributed by atoms with E-state index in [4.69, 9.17) is 16.3 Å². The summed E-state index contributed by atoms with van der Waals surface area (Å²) in [6, 6.07) is -2.86. The van der Waals surface area contributed by atoms with Gasteiger partial charge in [-0.25, -0.2) is 14.1 Å². The fraction of sp³-hybridized carbons (Fsp3) is 0.500. The number of nitrogens with two attached hydrogens (primary N) is 2. The minimum absolute atomic E-state index is 0.0175. The first-order valence-corrected chi connectivity index (χ1v) is 14.3. The van der Waals surface area contributed by atoms with Gasteiger partial charge in [0, 0.05) is 24.6 Å². The number of carboxylic acids is 1. The SMILES string of the molecule is NCCCC(=O)NCc1cnn(C[C@H]2[C@H](NC(=O)C(=NOC3(C(=O)O)CC3)c3csc(N)n3)C(=O)N2S(=O)(=O)O)n1. The van der Waals surface area contributed by atoms with Crippen molar-refractivity contribution >= 4 is 56.2 Å². The van der Waals surface area contributed by atoms with Crippen molar-refractivity contribution in [1.29, 1.82) is 0 Å². The van der Waals surface area contributed by atoms with Crippen molar-refractivity contribution in [1.82, 2.24) is 34.9 Å². The van der Waals surface area contributed by atoms with E-state index in [9.17, 15) is 37.3 Å². The number of carbonyl (C=O) groups is 4. The molecule has 21 heteroatoms. The number of anilines is 1. The fourth-order valence-electron chi connectivity index (χ4n) is 3.75. The molecule has 4 rings (SSSR count). The van der Waals surface area contributed by atoms with Crippen LogP contribution in [0.15, 0.2) is 16.7 Å². The molecule has 2 aromatic heterocycles. The van der Waals surface area contributed by atoms with Crippen molar-refractivity contribution in [2.75, 3.05) is 12.3 Å². The highest BCUT2D eigenvalue weighted by Crippen LogP contribution is 2.40. The quantitative estimate of drug-likeness (QED) is 0.0543. The van der Waals surface area contributed by atoms with E-state index in [0.717, 1.165) is 16.1 Å². The number of carbonyl (C=O) groups excluding carboxylic acids is 3. The number of carboxylic acid groups (broad SMARTS) is 1. The van der Waals surface area contributed by atoms with Crippen molar-refractivity contribution in [3.8, 4) is 0 Å². The van der Waals surface area contributed by atoms with Crippen LogP contribution in [0.5, 0.6) is 0 Å². The molecule has 222 valence electrons. The fourth-order valence-corrected chi connectivity index (χ4v) is 5.17. The number of β-lactam (4-membered cyclic amide) rings is 1. The summed E-state index contributed by atoms with van der Waals surface area (Å²) in [6.45, 7) is -0.0110. The van der Waals surface area contributed by atoms with Crippen molar-refractivity contribution in [3.05, 3.63) is 23.0 Å². The van der Waals surface area contributed by atoms with Gasteiger partial charge in [0.2, 0.25) is 11.5 Å². The molecule has 0 spiro atoms. The van der Waals surface area contributed by atoms with Gasteiger partial charge in [0.1, 0.15) is 23.5 Å². The second kappa shape index (κ2) is 11.7. The Labute approximate surface area is 235 Å². The molecule has 0 radical (unpaired) electrons. The minimum atomic E-state index is -5.03. The number of amides is 3. The van der Waals surface area contributed by atoms with E-state index in [-0.39, 0.29) is 53.4 Å². The molecule has 0 unspecified atom stereocenters. The van der Waals surface area contributed by atoms with E-state index in [0.29, 0.717) is 18.7 Å². The van der Waals surface area contributed by atoms with Gasteiger partial charge < -0.3 is 32.0 Å². The van der Waals surface area contributed by atoms with Crippen molar-refractivity contribution < 1.29 is 42.1 Å². The van der Waals surface area contributed by atoms with Crippen molar-refractivity contribution in [3.63, 3.8) is 0 Å². The molecule has 19 nitrogen and oxygen atoms in total. The van der Waals surface area contributed by atoms with Crippen molar-refractivity contribution in [2.45, 2.75) is 56.5 Å². The maximum atomic E-state index is 13.2. The normalized spacial score (nSPS) is 19.8. The van der Waals surface area contributed by atoms with E-state index >= 15 is 0 Å². The summed E-state index contributed by atoms with van der Waals surface area (Å²) in [7, 11) is -5.03. The van der Waals surface area contributed by atoms with E-state index in [2.05, 4.69) is 31.0 Å². The van der Waals surface area contributed by atoms with E-state index in [1.165, 1.54) is 11.6 Å². The Balaban J connectivity index is 1.50. The molecule has 2 fully saturated rings. The first-order valence-electron chi connectivity index (χ1n) is 12.0. The Morgan fingerprint density at radius 3 is 2.63 bits per heavy atom. The number of nitrogens with one attached hydrogen (secondary N) is 2. The molecule has 3 heterocycles. The largest absolute Gasteiger partial charge is 0.478 e. The number of oxime groups is 1. The Hall–Kier alpha value is -4.21. The Morgan fingerprint density at radius 1 is 1.32 bits per heavy atom.